The van der Waals surface area contributed by atoms with E-state index < -0.39 is 0 Å². The first-order valence-electron chi connectivity index (χ1n) is 10.4. The first-order chi connectivity index (χ1) is 15.1. The van der Waals surface area contributed by atoms with Crippen molar-refractivity contribution in [2.24, 2.45) is 0 Å². The molecule has 2 aromatic heterocycles. The fraction of sp³-hybridized carbons (Fsp3) is 0.250. The third-order valence-corrected chi connectivity index (χ3v) is 5.48. The van der Waals surface area contributed by atoms with Crippen LogP contribution in [0.25, 0.3) is 17.3 Å². The van der Waals surface area contributed by atoms with E-state index in [1.54, 1.807) is 6.92 Å². The minimum absolute atomic E-state index is 0.0866. The second kappa shape index (κ2) is 7.83. The summed E-state index contributed by atoms with van der Waals surface area (Å²) in [7, 11) is 0. The third-order valence-electron chi connectivity index (χ3n) is 5.48. The van der Waals surface area contributed by atoms with E-state index in [1.165, 1.54) is 0 Å². The van der Waals surface area contributed by atoms with Gasteiger partial charge in [-0.15, -0.1) is 10.2 Å². The van der Waals surface area contributed by atoms with Crippen molar-refractivity contribution >= 4 is 5.91 Å². The molecule has 1 atom stereocenters. The summed E-state index contributed by atoms with van der Waals surface area (Å²) in [6, 6.07) is 19.4. The Bertz CT molecular complexity index is 1220. The Morgan fingerprint density at radius 1 is 1.10 bits per heavy atom. The van der Waals surface area contributed by atoms with Gasteiger partial charge in [-0.3, -0.25) is 4.79 Å². The average Bonchev–Trinajstić information content (AvgIpc) is 3.39. The fourth-order valence-electron chi connectivity index (χ4n) is 3.66. The van der Waals surface area contributed by atoms with Crippen molar-refractivity contribution in [2.45, 2.75) is 38.6 Å². The Kier molecular flexibility index (Phi) is 4.86. The lowest BCUT2D eigenvalue weighted by molar-refractivity contribution is 0.0940. The molecule has 4 aromatic rings. The zero-order chi connectivity index (χ0) is 21.4. The Balaban J connectivity index is 1.43. The van der Waals surface area contributed by atoms with Gasteiger partial charge in [-0.2, -0.15) is 5.10 Å². The van der Waals surface area contributed by atoms with Gasteiger partial charge in [-0.1, -0.05) is 36.4 Å². The van der Waals surface area contributed by atoms with Crippen LogP contribution in [0.4, 0.5) is 0 Å². The highest BCUT2D eigenvalue weighted by molar-refractivity contribution is 5.95. The molecule has 0 aliphatic heterocycles. The van der Waals surface area contributed by atoms with Crippen LogP contribution in [0.2, 0.25) is 0 Å². The first-order valence-corrected chi connectivity index (χ1v) is 10.4. The molecule has 1 aliphatic carbocycles. The standard InChI is InChI=1S/C24H23N5O2/c1-15(17-7-4-3-5-8-17)25-23(30)19-9-6-10-20(13-19)29-22(18-11-12-18)14-21(28-29)24-27-26-16(2)31-24/h3-10,13-15,18H,11-12H2,1-2H3,(H,25,30). The van der Waals surface area contributed by atoms with Crippen LogP contribution in [0.3, 0.4) is 0 Å². The molecule has 5 rings (SSSR count). The number of rotatable bonds is 6. The molecule has 1 amide bonds. The van der Waals surface area contributed by atoms with Gasteiger partial charge in [-0.25, -0.2) is 4.68 Å². The fourth-order valence-corrected chi connectivity index (χ4v) is 3.66. The van der Waals surface area contributed by atoms with Gasteiger partial charge in [0.2, 0.25) is 5.89 Å². The minimum atomic E-state index is -0.119. The Morgan fingerprint density at radius 3 is 2.61 bits per heavy atom. The summed E-state index contributed by atoms with van der Waals surface area (Å²) in [5.41, 5.74) is 4.24. The number of carbonyl (C=O) groups excluding carboxylic acids is 1. The number of nitrogens with zero attached hydrogens (tertiary/aromatic N) is 4. The maximum Gasteiger partial charge on any atom is 0.268 e. The number of aryl methyl sites for hydroxylation is 1. The van der Waals surface area contributed by atoms with E-state index in [4.69, 9.17) is 9.52 Å². The third kappa shape index (κ3) is 3.99. The molecule has 7 nitrogen and oxygen atoms in total. The number of benzene rings is 2. The van der Waals surface area contributed by atoms with Crippen molar-refractivity contribution in [1.82, 2.24) is 25.3 Å². The lowest BCUT2D eigenvalue weighted by Gasteiger charge is -2.15. The van der Waals surface area contributed by atoms with Crippen molar-refractivity contribution in [2.75, 3.05) is 0 Å². The van der Waals surface area contributed by atoms with Gasteiger partial charge in [0.05, 0.1) is 11.7 Å². The lowest BCUT2D eigenvalue weighted by atomic mass is 10.1. The summed E-state index contributed by atoms with van der Waals surface area (Å²) in [5, 5.41) is 15.8. The molecule has 1 fully saturated rings. The summed E-state index contributed by atoms with van der Waals surface area (Å²) in [5.74, 6) is 1.25. The minimum Gasteiger partial charge on any atom is -0.420 e. The molecule has 1 aliphatic rings. The number of aromatic nitrogens is 4. The summed E-state index contributed by atoms with van der Waals surface area (Å²) >= 11 is 0. The summed E-state index contributed by atoms with van der Waals surface area (Å²) in [6.07, 6.45) is 2.26. The van der Waals surface area contributed by atoms with Crippen molar-refractivity contribution < 1.29 is 9.21 Å². The molecule has 1 N–H and O–H groups in total. The van der Waals surface area contributed by atoms with E-state index in [-0.39, 0.29) is 11.9 Å². The molecule has 31 heavy (non-hydrogen) atoms. The van der Waals surface area contributed by atoms with Crippen molar-refractivity contribution in [1.29, 1.82) is 0 Å². The van der Waals surface area contributed by atoms with E-state index in [2.05, 4.69) is 15.5 Å². The van der Waals surface area contributed by atoms with E-state index in [0.29, 0.717) is 29.0 Å². The van der Waals surface area contributed by atoms with Crippen molar-refractivity contribution in [3.05, 3.63) is 83.4 Å². The van der Waals surface area contributed by atoms with Gasteiger partial charge in [0, 0.05) is 24.1 Å². The quantitative estimate of drug-likeness (QED) is 0.499. The zero-order valence-corrected chi connectivity index (χ0v) is 17.4. The number of hydrogen-bond acceptors (Lipinski definition) is 5. The van der Waals surface area contributed by atoms with Gasteiger partial charge in [0.1, 0.15) is 5.69 Å². The van der Waals surface area contributed by atoms with Crippen LogP contribution < -0.4 is 5.32 Å². The molecular formula is C24H23N5O2. The maximum absolute atomic E-state index is 12.9. The van der Waals surface area contributed by atoms with Crippen LogP contribution in [-0.4, -0.2) is 25.9 Å². The number of hydrogen-bond donors (Lipinski definition) is 1. The van der Waals surface area contributed by atoms with E-state index in [1.807, 2.05) is 72.3 Å². The highest BCUT2D eigenvalue weighted by Gasteiger charge is 2.30. The van der Waals surface area contributed by atoms with E-state index >= 15 is 0 Å². The highest BCUT2D eigenvalue weighted by Crippen LogP contribution is 2.42. The topological polar surface area (TPSA) is 85.8 Å². The van der Waals surface area contributed by atoms with E-state index in [9.17, 15) is 4.79 Å². The Labute approximate surface area is 180 Å². The largest absolute Gasteiger partial charge is 0.420 e. The van der Waals surface area contributed by atoms with E-state index in [0.717, 1.165) is 29.8 Å². The molecule has 0 saturated heterocycles. The average molecular weight is 413 g/mol. The summed E-state index contributed by atoms with van der Waals surface area (Å²) < 4.78 is 7.45. The molecule has 156 valence electrons. The van der Waals surface area contributed by atoms with Gasteiger partial charge in [0.25, 0.3) is 11.8 Å². The highest BCUT2D eigenvalue weighted by atomic mass is 16.4. The van der Waals surface area contributed by atoms with Crippen LogP contribution >= 0.6 is 0 Å². The molecule has 1 saturated carbocycles. The molecule has 2 heterocycles. The van der Waals surface area contributed by atoms with Crippen LogP contribution in [-0.2, 0) is 0 Å². The van der Waals surface area contributed by atoms with Gasteiger partial charge in [0.15, 0.2) is 0 Å². The normalized spacial score (nSPS) is 14.4. The molecule has 0 spiro atoms. The number of carbonyl (C=O) groups is 1. The summed E-state index contributed by atoms with van der Waals surface area (Å²) in [4.78, 5) is 12.9. The second-order valence-electron chi connectivity index (χ2n) is 7.92. The van der Waals surface area contributed by atoms with Gasteiger partial charge >= 0.3 is 0 Å². The van der Waals surface area contributed by atoms with Crippen LogP contribution in [0.15, 0.2) is 65.1 Å². The molecule has 0 radical (unpaired) electrons. The summed E-state index contributed by atoms with van der Waals surface area (Å²) in [6.45, 7) is 3.74. The monoisotopic (exact) mass is 413 g/mol. The smallest absolute Gasteiger partial charge is 0.268 e. The van der Waals surface area contributed by atoms with Crippen LogP contribution in [0, 0.1) is 6.92 Å². The van der Waals surface area contributed by atoms with Gasteiger partial charge in [-0.05, 0) is 49.6 Å². The zero-order valence-electron chi connectivity index (χ0n) is 17.4. The van der Waals surface area contributed by atoms with Crippen LogP contribution in [0.1, 0.15) is 59.2 Å². The van der Waals surface area contributed by atoms with Crippen molar-refractivity contribution in [3.8, 4) is 17.3 Å². The number of amides is 1. The van der Waals surface area contributed by atoms with Gasteiger partial charge < -0.3 is 9.73 Å². The Hall–Kier alpha value is -3.74. The molecule has 1 unspecified atom stereocenters. The predicted octanol–water partition coefficient (Wildman–Crippen LogP) is 4.60. The number of nitrogens with one attached hydrogen (secondary N) is 1. The molecule has 0 bridgehead atoms. The molecule has 2 aromatic carbocycles. The molecule has 7 heteroatoms. The van der Waals surface area contributed by atoms with Crippen LogP contribution in [0.5, 0.6) is 0 Å². The predicted molar refractivity (Wildman–Crippen MR) is 116 cm³/mol. The molecular weight excluding hydrogens is 390 g/mol. The van der Waals surface area contributed by atoms with Crippen molar-refractivity contribution in [3.63, 3.8) is 0 Å². The SMILES string of the molecule is Cc1nnc(-c2cc(C3CC3)n(-c3cccc(C(=O)NC(C)c4ccccc4)c3)n2)o1. The Morgan fingerprint density at radius 2 is 1.90 bits per heavy atom. The lowest BCUT2D eigenvalue weighted by Crippen LogP contribution is -2.26. The second-order valence-corrected chi connectivity index (χ2v) is 7.92. The first kappa shape index (κ1) is 19.2. The maximum atomic E-state index is 12.9.